The Morgan fingerprint density at radius 3 is 2.53 bits per heavy atom. The summed E-state index contributed by atoms with van der Waals surface area (Å²) >= 11 is 0. The molecule has 10 heteroatoms. The van der Waals surface area contributed by atoms with E-state index < -0.39 is 21.7 Å². The van der Waals surface area contributed by atoms with Gasteiger partial charge >= 0.3 is 0 Å². The monoisotopic (exact) mass is 544 g/mol. The second kappa shape index (κ2) is 11.4. The molecular weight excluding hydrogens is 513 g/mol. The maximum atomic E-state index is 15.0. The molecule has 1 aliphatic heterocycles. The summed E-state index contributed by atoms with van der Waals surface area (Å²) in [5.41, 5.74) is 2.90. The molecule has 2 aromatic carbocycles. The van der Waals surface area contributed by atoms with E-state index in [1.165, 1.54) is 35.0 Å². The van der Waals surface area contributed by atoms with Crippen molar-refractivity contribution in [1.82, 2.24) is 19.6 Å². The van der Waals surface area contributed by atoms with Crippen LogP contribution in [0.15, 0.2) is 47.9 Å². The Bertz CT molecular complexity index is 1430. The van der Waals surface area contributed by atoms with Gasteiger partial charge in [-0.05, 0) is 74.4 Å². The molecule has 2 heterocycles. The Hall–Kier alpha value is -2.95. The van der Waals surface area contributed by atoms with Crippen molar-refractivity contribution in [3.8, 4) is 5.69 Å². The van der Waals surface area contributed by atoms with Gasteiger partial charge in [0.05, 0.1) is 11.4 Å². The first-order valence-corrected chi connectivity index (χ1v) is 14.6. The van der Waals surface area contributed by atoms with Crippen LogP contribution in [-0.2, 0) is 22.9 Å². The molecule has 1 N–H and O–H groups in total. The summed E-state index contributed by atoms with van der Waals surface area (Å²) in [6.45, 7) is 1.31. The number of nitrogens with zero attached hydrogens (tertiary/aromatic N) is 3. The molecule has 0 saturated carbocycles. The van der Waals surface area contributed by atoms with Crippen molar-refractivity contribution in [3.05, 3.63) is 87.8 Å². The van der Waals surface area contributed by atoms with Crippen molar-refractivity contribution in [2.45, 2.75) is 57.3 Å². The van der Waals surface area contributed by atoms with Gasteiger partial charge in [0.1, 0.15) is 17.3 Å². The maximum absolute atomic E-state index is 15.0. The molecule has 38 heavy (non-hydrogen) atoms. The summed E-state index contributed by atoms with van der Waals surface area (Å²) in [6.07, 6.45) is 8.06. The molecule has 3 aromatic rings. The zero-order chi connectivity index (χ0) is 26.7. The highest BCUT2D eigenvalue weighted by Crippen LogP contribution is 2.37. The van der Waals surface area contributed by atoms with Gasteiger partial charge in [-0.25, -0.2) is 31.3 Å². The molecule has 202 valence electrons. The topological polar surface area (TPSA) is 67.2 Å². The lowest BCUT2D eigenvalue weighted by Gasteiger charge is -2.25. The molecule has 5 rings (SSSR count). The molecule has 2 aliphatic rings. The van der Waals surface area contributed by atoms with Crippen LogP contribution in [0.3, 0.4) is 0 Å². The molecule has 6 nitrogen and oxygen atoms in total. The van der Waals surface area contributed by atoms with Crippen LogP contribution in [0.25, 0.3) is 11.8 Å². The van der Waals surface area contributed by atoms with Gasteiger partial charge in [0.25, 0.3) is 0 Å². The number of hydrazine groups is 1. The van der Waals surface area contributed by atoms with E-state index in [2.05, 4.69) is 9.93 Å². The van der Waals surface area contributed by atoms with Crippen LogP contribution in [0, 0.1) is 17.5 Å². The quantitative estimate of drug-likeness (QED) is 0.392. The van der Waals surface area contributed by atoms with E-state index in [9.17, 15) is 21.6 Å². The molecule has 1 saturated heterocycles. The van der Waals surface area contributed by atoms with E-state index in [0.29, 0.717) is 31.6 Å². The van der Waals surface area contributed by atoms with Crippen LogP contribution in [0.5, 0.6) is 0 Å². The summed E-state index contributed by atoms with van der Waals surface area (Å²) in [7, 11) is -3.77. The number of halogens is 3. The zero-order valence-corrected chi connectivity index (χ0v) is 21.9. The second-order valence-electron chi connectivity index (χ2n) is 10.0. The lowest BCUT2D eigenvalue weighted by molar-refractivity contribution is 0.201. The number of hydrogen-bond acceptors (Lipinski definition) is 4. The van der Waals surface area contributed by atoms with Gasteiger partial charge in [-0.3, -0.25) is 0 Å². The minimum Gasteiger partial charge on any atom is -0.234 e. The molecular formula is C28H31F3N4O2S. The molecule has 1 aliphatic carbocycles. The second-order valence-corrected chi connectivity index (χ2v) is 11.6. The minimum absolute atomic E-state index is 0.0859. The molecule has 0 bridgehead atoms. The first-order chi connectivity index (χ1) is 18.3. The van der Waals surface area contributed by atoms with E-state index in [4.69, 9.17) is 0 Å². The van der Waals surface area contributed by atoms with E-state index in [1.54, 1.807) is 11.1 Å². The molecule has 0 radical (unpaired) electrons. The van der Waals surface area contributed by atoms with Crippen LogP contribution in [0.1, 0.15) is 67.0 Å². The molecule has 1 aromatic heterocycles. The Morgan fingerprint density at radius 2 is 1.76 bits per heavy atom. The Labute approximate surface area is 221 Å². The number of rotatable bonds is 7. The van der Waals surface area contributed by atoms with Gasteiger partial charge in [-0.15, -0.1) is 4.83 Å². The number of aromatic nitrogens is 2. The molecule has 1 fully saturated rings. The van der Waals surface area contributed by atoms with Crippen LogP contribution in [0.2, 0.25) is 0 Å². The van der Waals surface area contributed by atoms with Crippen molar-refractivity contribution in [1.29, 1.82) is 0 Å². The SMILES string of the molecule is O=S(=O)(/C=C/c1nn(-c2ccc(F)cc2F)c2c1CCCCC2Cc1cccc(F)c1)NN1CCCCC1. The predicted octanol–water partition coefficient (Wildman–Crippen LogP) is 5.63. The fourth-order valence-corrected chi connectivity index (χ4v) is 6.36. The van der Waals surface area contributed by atoms with Gasteiger partial charge in [0.2, 0.25) is 10.0 Å². The number of benzene rings is 2. The number of fused-ring (bicyclic) bond motifs is 1. The van der Waals surface area contributed by atoms with E-state index in [-0.39, 0.29) is 17.4 Å². The summed E-state index contributed by atoms with van der Waals surface area (Å²) < 4.78 is 69.7. The molecule has 0 spiro atoms. The van der Waals surface area contributed by atoms with Gasteiger partial charge in [-0.1, -0.05) is 25.0 Å². The zero-order valence-electron chi connectivity index (χ0n) is 21.0. The Kier molecular flexibility index (Phi) is 8.01. The van der Waals surface area contributed by atoms with Crippen molar-refractivity contribution in [2.24, 2.45) is 0 Å². The summed E-state index contributed by atoms with van der Waals surface area (Å²) in [5, 5.41) is 7.44. The summed E-state index contributed by atoms with van der Waals surface area (Å²) in [6, 6.07) is 9.71. The summed E-state index contributed by atoms with van der Waals surface area (Å²) in [5.74, 6) is -1.91. The maximum Gasteiger partial charge on any atom is 0.246 e. The number of hydrogen-bond donors (Lipinski definition) is 1. The van der Waals surface area contributed by atoms with Gasteiger partial charge in [0.15, 0.2) is 5.82 Å². The highest BCUT2D eigenvalue weighted by atomic mass is 32.2. The largest absolute Gasteiger partial charge is 0.246 e. The first-order valence-electron chi connectivity index (χ1n) is 13.1. The van der Waals surface area contributed by atoms with Crippen LogP contribution < -0.4 is 4.83 Å². The van der Waals surface area contributed by atoms with Crippen molar-refractivity contribution >= 4 is 16.1 Å². The molecule has 1 atom stereocenters. The standard InChI is InChI=1S/C28H31F3N4O2S/c29-22-9-6-7-20(18-22)17-21-8-2-3-10-24-26(13-16-38(36,37)33-34-14-4-1-5-15-34)32-35(28(21)24)27-12-11-23(30)19-25(27)31/h6-7,9,11-13,16,18-19,21,33H,1-5,8,10,14-15,17H2/b16-13+. The third-order valence-corrected chi connectivity index (χ3v) is 8.20. The fraction of sp³-hybridized carbons (Fsp3) is 0.393. The van der Waals surface area contributed by atoms with Gasteiger partial charge in [0, 0.05) is 36.0 Å². The number of sulfonamides is 1. The van der Waals surface area contributed by atoms with Crippen LogP contribution >= 0.6 is 0 Å². The minimum atomic E-state index is -3.77. The highest BCUT2D eigenvalue weighted by Gasteiger charge is 2.29. The fourth-order valence-electron chi connectivity index (χ4n) is 5.45. The first kappa shape index (κ1) is 26.6. The van der Waals surface area contributed by atoms with Crippen molar-refractivity contribution in [2.75, 3.05) is 13.1 Å². The number of piperidine rings is 1. The van der Waals surface area contributed by atoms with Crippen molar-refractivity contribution in [3.63, 3.8) is 0 Å². The smallest absolute Gasteiger partial charge is 0.234 e. The summed E-state index contributed by atoms with van der Waals surface area (Å²) in [4.78, 5) is 2.61. The third kappa shape index (κ3) is 6.19. The van der Waals surface area contributed by atoms with E-state index in [0.717, 1.165) is 66.8 Å². The average molecular weight is 545 g/mol. The van der Waals surface area contributed by atoms with Crippen molar-refractivity contribution < 1.29 is 21.6 Å². The lowest BCUT2D eigenvalue weighted by Crippen LogP contribution is -2.44. The highest BCUT2D eigenvalue weighted by molar-refractivity contribution is 7.92. The molecule has 1 unspecified atom stereocenters. The average Bonchev–Trinajstić information content (AvgIpc) is 3.10. The molecule has 0 amide bonds. The van der Waals surface area contributed by atoms with E-state index in [1.807, 2.05) is 6.07 Å². The number of nitrogens with one attached hydrogen (secondary N) is 1. The lowest BCUT2D eigenvalue weighted by atomic mass is 9.91. The predicted molar refractivity (Wildman–Crippen MR) is 140 cm³/mol. The third-order valence-electron chi connectivity index (χ3n) is 7.20. The van der Waals surface area contributed by atoms with Gasteiger partial charge in [-0.2, -0.15) is 5.10 Å². The Balaban J connectivity index is 1.55. The van der Waals surface area contributed by atoms with Crippen LogP contribution in [-0.4, -0.2) is 36.3 Å². The van der Waals surface area contributed by atoms with E-state index >= 15 is 0 Å². The Morgan fingerprint density at radius 1 is 0.974 bits per heavy atom. The normalized spacial score (nSPS) is 19.0. The van der Waals surface area contributed by atoms with Gasteiger partial charge < -0.3 is 0 Å². The van der Waals surface area contributed by atoms with Crippen LogP contribution in [0.4, 0.5) is 13.2 Å².